The van der Waals surface area contributed by atoms with Gasteiger partial charge in [-0.15, -0.1) is 0 Å². The summed E-state index contributed by atoms with van der Waals surface area (Å²) in [5.41, 5.74) is 6.15. The summed E-state index contributed by atoms with van der Waals surface area (Å²) in [7, 11) is 0. The molecular formula is C13H17N5O. The Labute approximate surface area is 111 Å². The van der Waals surface area contributed by atoms with Crippen LogP contribution in [0.5, 0.6) is 0 Å². The van der Waals surface area contributed by atoms with Gasteiger partial charge in [0.25, 0.3) is 0 Å². The fraction of sp³-hybridized carbons (Fsp3) is 0.308. The van der Waals surface area contributed by atoms with Crippen molar-refractivity contribution in [2.45, 2.75) is 13.3 Å². The van der Waals surface area contributed by atoms with Crippen LogP contribution in [0.1, 0.15) is 13.3 Å². The predicted molar refractivity (Wildman–Crippen MR) is 72.8 cm³/mol. The topological polar surface area (TPSA) is 85.8 Å². The molecule has 19 heavy (non-hydrogen) atoms. The van der Waals surface area contributed by atoms with E-state index in [0.717, 1.165) is 0 Å². The maximum atomic E-state index is 11.9. The van der Waals surface area contributed by atoms with Crippen molar-refractivity contribution in [1.29, 1.82) is 0 Å². The number of carbonyl (C=O) groups excluding carboxylic acids is 1. The van der Waals surface area contributed by atoms with E-state index >= 15 is 0 Å². The van der Waals surface area contributed by atoms with E-state index in [1.807, 2.05) is 6.92 Å². The maximum absolute atomic E-state index is 11.9. The van der Waals surface area contributed by atoms with Crippen molar-refractivity contribution < 1.29 is 4.79 Å². The van der Waals surface area contributed by atoms with Crippen molar-refractivity contribution >= 4 is 11.6 Å². The smallest absolute Gasteiger partial charge is 0.224 e. The standard InChI is InChI=1S/C13H17N5O/c1-10(9-14)8-12(19)17-11-4-2-5-15-13(11)18-7-3-6-16-18/h2-7,10H,8-9,14H2,1H3,(H,17,19). The zero-order chi connectivity index (χ0) is 13.7. The van der Waals surface area contributed by atoms with Crippen LogP contribution in [0.3, 0.4) is 0 Å². The number of carbonyl (C=O) groups is 1. The summed E-state index contributed by atoms with van der Waals surface area (Å²) in [5.74, 6) is 0.686. The molecule has 6 heteroatoms. The van der Waals surface area contributed by atoms with E-state index in [4.69, 9.17) is 5.73 Å². The van der Waals surface area contributed by atoms with Crippen LogP contribution < -0.4 is 11.1 Å². The molecule has 6 nitrogen and oxygen atoms in total. The van der Waals surface area contributed by atoms with Crippen LogP contribution in [0.25, 0.3) is 5.82 Å². The molecule has 1 amide bonds. The number of rotatable bonds is 5. The summed E-state index contributed by atoms with van der Waals surface area (Å²) in [6.07, 6.45) is 5.50. The fourth-order valence-corrected chi connectivity index (χ4v) is 1.67. The van der Waals surface area contributed by atoms with Gasteiger partial charge in [-0.25, -0.2) is 9.67 Å². The van der Waals surface area contributed by atoms with Crippen molar-refractivity contribution in [1.82, 2.24) is 14.8 Å². The van der Waals surface area contributed by atoms with Crippen LogP contribution >= 0.6 is 0 Å². The molecule has 1 atom stereocenters. The third kappa shape index (κ3) is 3.38. The van der Waals surface area contributed by atoms with Gasteiger partial charge in [0.05, 0.1) is 5.69 Å². The molecule has 3 N–H and O–H groups in total. The van der Waals surface area contributed by atoms with Gasteiger partial charge in [0, 0.05) is 25.0 Å². The number of anilines is 1. The van der Waals surface area contributed by atoms with Crippen LogP contribution in [0, 0.1) is 5.92 Å². The number of hydrogen-bond acceptors (Lipinski definition) is 4. The van der Waals surface area contributed by atoms with Crippen LogP contribution in [0.4, 0.5) is 5.69 Å². The Morgan fingerprint density at radius 1 is 1.47 bits per heavy atom. The minimum absolute atomic E-state index is 0.0700. The molecule has 0 aliphatic carbocycles. The lowest BCUT2D eigenvalue weighted by atomic mass is 10.1. The summed E-state index contributed by atoms with van der Waals surface area (Å²) in [6, 6.07) is 5.38. The van der Waals surface area contributed by atoms with Crippen molar-refractivity contribution in [3.63, 3.8) is 0 Å². The van der Waals surface area contributed by atoms with Gasteiger partial charge in [-0.2, -0.15) is 5.10 Å². The van der Waals surface area contributed by atoms with Crippen molar-refractivity contribution in [3.05, 3.63) is 36.8 Å². The second-order valence-corrected chi connectivity index (χ2v) is 4.42. The van der Waals surface area contributed by atoms with Crippen LogP contribution in [0.2, 0.25) is 0 Å². The Bertz CT molecular complexity index is 538. The van der Waals surface area contributed by atoms with Gasteiger partial charge in [-0.1, -0.05) is 6.92 Å². The van der Waals surface area contributed by atoms with Crippen molar-refractivity contribution in [2.24, 2.45) is 11.7 Å². The molecule has 0 aliphatic heterocycles. The zero-order valence-electron chi connectivity index (χ0n) is 10.8. The second-order valence-electron chi connectivity index (χ2n) is 4.42. The van der Waals surface area contributed by atoms with Crippen LogP contribution in [-0.4, -0.2) is 27.2 Å². The Morgan fingerprint density at radius 3 is 3.00 bits per heavy atom. The van der Waals surface area contributed by atoms with Gasteiger partial charge >= 0.3 is 0 Å². The molecule has 0 saturated carbocycles. The summed E-state index contributed by atoms with van der Waals surface area (Å²) >= 11 is 0. The highest BCUT2D eigenvalue weighted by Crippen LogP contribution is 2.16. The molecule has 2 aromatic rings. The maximum Gasteiger partial charge on any atom is 0.224 e. The van der Waals surface area contributed by atoms with E-state index in [9.17, 15) is 4.79 Å². The lowest BCUT2D eigenvalue weighted by Gasteiger charge is -2.11. The Balaban J connectivity index is 2.15. The third-order valence-corrected chi connectivity index (χ3v) is 2.72. The van der Waals surface area contributed by atoms with E-state index < -0.39 is 0 Å². The molecule has 0 bridgehead atoms. The molecule has 0 saturated heterocycles. The average molecular weight is 259 g/mol. The van der Waals surface area contributed by atoms with E-state index in [-0.39, 0.29) is 11.8 Å². The normalized spacial score (nSPS) is 12.1. The number of hydrogen-bond donors (Lipinski definition) is 2. The van der Waals surface area contributed by atoms with Gasteiger partial charge in [0.2, 0.25) is 5.91 Å². The van der Waals surface area contributed by atoms with Crippen LogP contribution in [-0.2, 0) is 4.79 Å². The van der Waals surface area contributed by atoms with Crippen LogP contribution in [0.15, 0.2) is 36.8 Å². The number of aromatic nitrogens is 3. The van der Waals surface area contributed by atoms with E-state index in [1.165, 1.54) is 0 Å². The highest BCUT2D eigenvalue weighted by atomic mass is 16.1. The fourth-order valence-electron chi connectivity index (χ4n) is 1.67. The van der Waals surface area contributed by atoms with Gasteiger partial charge in [0.1, 0.15) is 0 Å². The van der Waals surface area contributed by atoms with Gasteiger partial charge in [-0.05, 0) is 30.7 Å². The van der Waals surface area contributed by atoms with Crippen molar-refractivity contribution in [2.75, 3.05) is 11.9 Å². The summed E-state index contributed by atoms with van der Waals surface area (Å²) in [5, 5.41) is 6.96. The summed E-state index contributed by atoms with van der Waals surface area (Å²) in [6.45, 7) is 2.43. The van der Waals surface area contributed by atoms with Gasteiger partial charge in [-0.3, -0.25) is 4.79 Å². The predicted octanol–water partition coefficient (Wildman–Crippen LogP) is 1.19. The quantitative estimate of drug-likeness (QED) is 0.844. The molecule has 0 aliphatic rings. The Morgan fingerprint density at radius 2 is 2.32 bits per heavy atom. The SMILES string of the molecule is CC(CN)CC(=O)Nc1cccnc1-n1cccn1. The molecule has 100 valence electrons. The van der Waals surface area contributed by atoms with E-state index in [1.54, 1.807) is 41.5 Å². The Kier molecular flexibility index (Phi) is 4.25. The number of nitrogens with two attached hydrogens (primary N) is 1. The second kappa shape index (κ2) is 6.10. The number of nitrogens with one attached hydrogen (secondary N) is 1. The first-order valence-corrected chi connectivity index (χ1v) is 6.15. The first-order chi connectivity index (χ1) is 9.20. The first-order valence-electron chi connectivity index (χ1n) is 6.15. The molecule has 0 spiro atoms. The van der Waals surface area contributed by atoms with E-state index in [2.05, 4.69) is 15.4 Å². The highest BCUT2D eigenvalue weighted by Gasteiger charge is 2.11. The average Bonchev–Trinajstić information content (AvgIpc) is 2.93. The number of nitrogens with zero attached hydrogens (tertiary/aromatic N) is 3. The molecular weight excluding hydrogens is 242 g/mol. The largest absolute Gasteiger partial charge is 0.330 e. The molecule has 2 aromatic heterocycles. The molecule has 2 rings (SSSR count). The van der Waals surface area contributed by atoms with E-state index in [0.29, 0.717) is 24.5 Å². The summed E-state index contributed by atoms with van der Waals surface area (Å²) < 4.78 is 1.61. The minimum Gasteiger partial charge on any atom is -0.330 e. The van der Waals surface area contributed by atoms with Crippen molar-refractivity contribution in [3.8, 4) is 5.82 Å². The Hall–Kier alpha value is -2.21. The highest BCUT2D eigenvalue weighted by molar-refractivity contribution is 5.92. The number of amides is 1. The molecule has 0 radical (unpaired) electrons. The number of pyridine rings is 1. The molecule has 0 fully saturated rings. The zero-order valence-corrected chi connectivity index (χ0v) is 10.8. The van der Waals surface area contributed by atoms with Gasteiger partial charge in [0.15, 0.2) is 5.82 Å². The monoisotopic (exact) mass is 259 g/mol. The molecule has 1 unspecified atom stereocenters. The lowest BCUT2D eigenvalue weighted by Crippen LogP contribution is -2.21. The summed E-state index contributed by atoms with van der Waals surface area (Å²) in [4.78, 5) is 16.1. The first kappa shape index (κ1) is 13.2. The minimum atomic E-state index is -0.0700. The molecule has 0 aromatic carbocycles. The lowest BCUT2D eigenvalue weighted by molar-refractivity contribution is -0.116. The molecule has 2 heterocycles. The third-order valence-electron chi connectivity index (χ3n) is 2.72. The van der Waals surface area contributed by atoms with Gasteiger partial charge < -0.3 is 11.1 Å².